The molecule has 0 aliphatic carbocycles. The Labute approximate surface area is 190 Å². The van der Waals surface area contributed by atoms with E-state index in [-0.39, 0.29) is 5.41 Å². The van der Waals surface area contributed by atoms with E-state index in [9.17, 15) is 9.90 Å². The van der Waals surface area contributed by atoms with Crippen LogP contribution in [0.3, 0.4) is 0 Å². The van der Waals surface area contributed by atoms with Gasteiger partial charge < -0.3 is 5.11 Å². The van der Waals surface area contributed by atoms with E-state index in [1.54, 1.807) is 0 Å². The van der Waals surface area contributed by atoms with Crippen LogP contribution in [0.5, 0.6) is 0 Å². The van der Waals surface area contributed by atoms with Gasteiger partial charge in [0.25, 0.3) is 0 Å². The number of hydrogen-bond acceptors (Lipinski definition) is 1. The second-order valence-electron chi connectivity index (χ2n) is 9.98. The second-order valence-corrected chi connectivity index (χ2v) is 9.98. The molecule has 0 fully saturated rings. The highest BCUT2D eigenvalue weighted by Crippen LogP contribution is 2.40. The zero-order valence-electron chi connectivity index (χ0n) is 21.1. The Morgan fingerprint density at radius 2 is 0.800 bits per heavy atom. The van der Waals surface area contributed by atoms with Crippen LogP contribution in [0.15, 0.2) is 0 Å². The summed E-state index contributed by atoms with van der Waals surface area (Å²) in [6, 6.07) is 0. The minimum absolute atomic E-state index is 0.0639. The maximum absolute atomic E-state index is 11.5. The first kappa shape index (κ1) is 29.5. The van der Waals surface area contributed by atoms with Gasteiger partial charge in [0.15, 0.2) is 0 Å². The van der Waals surface area contributed by atoms with E-state index < -0.39 is 5.97 Å². The van der Waals surface area contributed by atoms with Crippen molar-refractivity contribution in [2.24, 2.45) is 5.41 Å². The zero-order chi connectivity index (χ0) is 22.3. The van der Waals surface area contributed by atoms with Crippen molar-refractivity contribution in [1.29, 1.82) is 0 Å². The maximum atomic E-state index is 11.5. The number of carbonyl (C=O) groups is 1. The Kier molecular flexibility index (Phi) is 21.3. The summed E-state index contributed by atoms with van der Waals surface area (Å²) in [6.45, 7) is 6.73. The molecule has 1 N–H and O–H groups in total. The minimum atomic E-state index is -0.594. The third-order valence-corrected chi connectivity index (χ3v) is 6.96. The molecule has 0 aliphatic heterocycles. The summed E-state index contributed by atoms with van der Waals surface area (Å²) in [4.78, 5) is 11.5. The number of carboxylic acids is 1. The molecule has 180 valence electrons. The summed E-state index contributed by atoms with van der Waals surface area (Å²) in [5.41, 5.74) is 0.0639. The molecule has 0 heterocycles. The van der Waals surface area contributed by atoms with Crippen molar-refractivity contribution >= 4 is 5.97 Å². The van der Waals surface area contributed by atoms with Gasteiger partial charge in [-0.2, -0.15) is 0 Å². The number of hydrogen-bond donors (Lipinski definition) is 1. The van der Waals surface area contributed by atoms with Crippen molar-refractivity contribution in [3.05, 3.63) is 0 Å². The van der Waals surface area contributed by atoms with Crippen LogP contribution in [0.25, 0.3) is 0 Å². The molecular formula is C28H56O2. The lowest BCUT2D eigenvalue weighted by Crippen LogP contribution is -2.25. The maximum Gasteiger partial charge on any atom is 0.303 e. The van der Waals surface area contributed by atoms with Crippen molar-refractivity contribution in [2.45, 2.75) is 168 Å². The van der Waals surface area contributed by atoms with Gasteiger partial charge in [-0.25, -0.2) is 0 Å². The molecule has 0 bridgehead atoms. The Hall–Kier alpha value is -0.530. The van der Waals surface area contributed by atoms with E-state index in [0.29, 0.717) is 6.42 Å². The summed E-state index contributed by atoms with van der Waals surface area (Å²) in [5.74, 6) is -0.594. The van der Waals surface area contributed by atoms with Crippen LogP contribution in [-0.2, 0) is 4.79 Å². The molecule has 30 heavy (non-hydrogen) atoms. The molecular weight excluding hydrogens is 368 g/mol. The summed E-state index contributed by atoms with van der Waals surface area (Å²) >= 11 is 0. The molecule has 2 nitrogen and oxygen atoms in total. The normalized spacial score (nSPS) is 11.8. The summed E-state index contributed by atoms with van der Waals surface area (Å²) in [7, 11) is 0. The molecule has 0 aromatic heterocycles. The lowest BCUT2D eigenvalue weighted by atomic mass is 9.72. The molecule has 0 aromatic rings. The lowest BCUT2D eigenvalue weighted by molar-refractivity contribution is -0.140. The van der Waals surface area contributed by atoms with Crippen LogP contribution < -0.4 is 0 Å². The van der Waals surface area contributed by atoms with Crippen molar-refractivity contribution in [3.8, 4) is 0 Å². The van der Waals surface area contributed by atoms with E-state index in [1.807, 2.05) is 0 Å². The molecule has 0 radical (unpaired) electrons. The first-order valence-electron chi connectivity index (χ1n) is 13.8. The van der Waals surface area contributed by atoms with Gasteiger partial charge in [-0.15, -0.1) is 0 Å². The molecule has 0 aliphatic rings. The van der Waals surface area contributed by atoms with Gasteiger partial charge >= 0.3 is 5.97 Å². The molecule has 0 aromatic carbocycles. The summed E-state index contributed by atoms with van der Waals surface area (Å²) < 4.78 is 0. The first-order valence-corrected chi connectivity index (χ1v) is 13.8. The van der Waals surface area contributed by atoms with Crippen LogP contribution in [0.1, 0.15) is 168 Å². The second kappa shape index (κ2) is 21.7. The van der Waals surface area contributed by atoms with Crippen LogP contribution in [0.4, 0.5) is 0 Å². The monoisotopic (exact) mass is 424 g/mol. The number of rotatable bonds is 24. The fraction of sp³-hybridized carbons (Fsp3) is 0.964. The molecule has 0 rings (SSSR count). The largest absolute Gasteiger partial charge is 0.481 e. The lowest BCUT2D eigenvalue weighted by Gasteiger charge is -2.33. The van der Waals surface area contributed by atoms with Crippen molar-refractivity contribution in [2.75, 3.05) is 0 Å². The highest BCUT2D eigenvalue weighted by atomic mass is 16.4. The standard InChI is InChI=1S/C28H56O2/c1-4-7-10-11-12-13-14-15-16-17-18-19-20-21-22-25-28(23-8-5-2,24-9-6-3)26-27(29)30/h4-26H2,1-3H3,(H,29,30). The highest BCUT2D eigenvalue weighted by Gasteiger charge is 2.31. The molecule has 0 atom stereocenters. The minimum Gasteiger partial charge on any atom is -0.481 e. The Morgan fingerprint density at radius 3 is 1.13 bits per heavy atom. The first-order chi connectivity index (χ1) is 14.6. The van der Waals surface area contributed by atoms with Gasteiger partial charge in [0.1, 0.15) is 0 Å². The zero-order valence-corrected chi connectivity index (χ0v) is 21.1. The molecule has 0 unspecified atom stereocenters. The van der Waals surface area contributed by atoms with Gasteiger partial charge in [-0.05, 0) is 24.7 Å². The molecule has 2 heteroatoms. The summed E-state index contributed by atoms with van der Waals surface area (Å²) in [5, 5.41) is 9.47. The molecule has 0 saturated carbocycles. The van der Waals surface area contributed by atoms with Gasteiger partial charge in [-0.1, -0.05) is 143 Å². The quantitative estimate of drug-likeness (QED) is 0.156. The Morgan fingerprint density at radius 1 is 0.500 bits per heavy atom. The number of unbranched alkanes of at least 4 members (excludes halogenated alkanes) is 16. The fourth-order valence-corrected chi connectivity index (χ4v) is 4.94. The SMILES string of the molecule is CCCCCCCCCCCCCCCCCC(CCCC)(CCCC)CC(=O)O. The van der Waals surface area contributed by atoms with Crippen LogP contribution >= 0.6 is 0 Å². The molecule has 0 spiro atoms. The number of carboxylic acid groups (broad SMARTS) is 1. The molecule has 0 saturated heterocycles. The van der Waals surface area contributed by atoms with E-state index in [0.717, 1.165) is 19.3 Å². The average Bonchev–Trinajstić information content (AvgIpc) is 2.73. The smallest absolute Gasteiger partial charge is 0.303 e. The molecule has 0 amide bonds. The van der Waals surface area contributed by atoms with E-state index >= 15 is 0 Å². The van der Waals surface area contributed by atoms with Gasteiger partial charge in [-0.3, -0.25) is 4.79 Å². The van der Waals surface area contributed by atoms with Gasteiger partial charge in [0, 0.05) is 0 Å². The Balaban J connectivity index is 3.79. The number of aliphatic carboxylic acids is 1. The van der Waals surface area contributed by atoms with Crippen molar-refractivity contribution < 1.29 is 9.90 Å². The van der Waals surface area contributed by atoms with Crippen molar-refractivity contribution in [3.63, 3.8) is 0 Å². The van der Waals surface area contributed by atoms with Crippen LogP contribution in [0, 0.1) is 5.41 Å². The van der Waals surface area contributed by atoms with Gasteiger partial charge in [0.05, 0.1) is 6.42 Å². The average molecular weight is 425 g/mol. The fourth-order valence-electron chi connectivity index (χ4n) is 4.94. The van der Waals surface area contributed by atoms with E-state index in [1.165, 1.54) is 122 Å². The third kappa shape index (κ3) is 18.3. The topological polar surface area (TPSA) is 37.3 Å². The van der Waals surface area contributed by atoms with E-state index in [4.69, 9.17) is 0 Å². The highest BCUT2D eigenvalue weighted by molar-refractivity contribution is 5.67. The predicted octanol–water partition coefficient (Wildman–Crippen LogP) is 10.1. The van der Waals surface area contributed by atoms with Crippen LogP contribution in [-0.4, -0.2) is 11.1 Å². The Bertz CT molecular complexity index is 356. The third-order valence-electron chi connectivity index (χ3n) is 6.96. The van der Waals surface area contributed by atoms with Crippen molar-refractivity contribution in [1.82, 2.24) is 0 Å². The van der Waals surface area contributed by atoms with Crippen LogP contribution in [0.2, 0.25) is 0 Å². The van der Waals surface area contributed by atoms with E-state index in [2.05, 4.69) is 20.8 Å². The van der Waals surface area contributed by atoms with Gasteiger partial charge in [0.2, 0.25) is 0 Å². The summed E-state index contributed by atoms with van der Waals surface area (Å²) in [6.07, 6.45) is 29.2. The predicted molar refractivity (Wildman–Crippen MR) is 133 cm³/mol.